The van der Waals surface area contributed by atoms with Crippen molar-refractivity contribution >= 4 is 16.6 Å². The molecule has 0 atom stereocenters. The summed E-state index contributed by atoms with van der Waals surface area (Å²) in [6.45, 7) is 2.39. The molecule has 3 rings (SSSR count). The second-order valence-electron chi connectivity index (χ2n) is 6.34. The summed E-state index contributed by atoms with van der Waals surface area (Å²) in [4.78, 5) is 6.98. The number of hydrogen-bond donors (Lipinski definition) is 1. The van der Waals surface area contributed by atoms with Crippen LogP contribution in [0, 0.1) is 5.92 Å². The van der Waals surface area contributed by atoms with E-state index in [-0.39, 0.29) is 6.61 Å². The maximum Gasteiger partial charge on any atom is 0.136 e. The Balaban J connectivity index is 1.96. The number of pyridine rings is 1. The molecule has 1 heterocycles. The van der Waals surface area contributed by atoms with Gasteiger partial charge in [0.25, 0.3) is 0 Å². The second-order valence-corrected chi connectivity index (χ2v) is 6.34. The lowest BCUT2D eigenvalue weighted by Crippen LogP contribution is -2.35. The van der Waals surface area contributed by atoms with Crippen LogP contribution in [0.25, 0.3) is 10.8 Å². The normalized spacial score (nSPS) is 22.4. The van der Waals surface area contributed by atoms with Gasteiger partial charge in [-0.25, -0.2) is 4.98 Å². The summed E-state index contributed by atoms with van der Waals surface area (Å²) in [6.07, 6.45) is 6.92. The highest BCUT2D eigenvalue weighted by Gasteiger charge is 2.23. The molecule has 1 aromatic carbocycles. The molecule has 0 unspecified atom stereocenters. The number of rotatable bonds is 3. The van der Waals surface area contributed by atoms with Crippen molar-refractivity contribution in [3.05, 3.63) is 36.0 Å². The first kappa shape index (κ1) is 14.3. The van der Waals surface area contributed by atoms with Crippen LogP contribution in [0.15, 0.2) is 30.5 Å². The molecule has 0 saturated heterocycles. The number of aliphatic hydroxyl groups is 1. The molecule has 1 aromatic heterocycles. The molecule has 0 spiro atoms. The lowest BCUT2D eigenvalue weighted by Gasteiger charge is -2.35. The molecule has 1 fully saturated rings. The molecular weight excluding hydrogens is 260 g/mol. The summed E-state index contributed by atoms with van der Waals surface area (Å²) in [6, 6.07) is 8.83. The Bertz CT molecular complexity index is 618. The number of aliphatic hydroxyl groups excluding tert-OH is 1. The minimum absolute atomic E-state index is 0.0401. The molecule has 1 N–H and O–H groups in total. The Kier molecular flexibility index (Phi) is 4.11. The maximum atomic E-state index is 9.49. The molecule has 0 amide bonds. The highest BCUT2D eigenvalue weighted by Crippen LogP contribution is 2.32. The summed E-state index contributed by atoms with van der Waals surface area (Å²) in [5.74, 6) is 1.90. The Morgan fingerprint density at radius 2 is 1.81 bits per heavy atom. The fourth-order valence-electron chi connectivity index (χ4n) is 3.45. The Labute approximate surface area is 126 Å². The first-order valence-corrected chi connectivity index (χ1v) is 7.91. The fraction of sp³-hybridized carbons (Fsp3) is 0.500. The average Bonchev–Trinajstić information content (AvgIpc) is 2.54. The van der Waals surface area contributed by atoms with Crippen molar-refractivity contribution in [1.29, 1.82) is 0 Å². The third-order valence-electron chi connectivity index (χ3n) is 4.89. The van der Waals surface area contributed by atoms with Crippen molar-refractivity contribution in [2.75, 3.05) is 11.9 Å². The van der Waals surface area contributed by atoms with Gasteiger partial charge in [-0.15, -0.1) is 0 Å². The van der Waals surface area contributed by atoms with Gasteiger partial charge in [-0.05, 0) is 37.0 Å². The zero-order valence-corrected chi connectivity index (χ0v) is 12.9. The highest BCUT2D eigenvalue weighted by atomic mass is 16.3. The van der Waals surface area contributed by atoms with Gasteiger partial charge in [0.1, 0.15) is 5.82 Å². The van der Waals surface area contributed by atoms with E-state index < -0.39 is 0 Å². The van der Waals surface area contributed by atoms with Crippen molar-refractivity contribution in [3.8, 4) is 0 Å². The first-order valence-electron chi connectivity index (χ1n) is 7.91. The third-order valence-corrected chi connectivity index (χ3v) is 4.89. The second kappa shape index (κ2) is 6.02. The Hall–Kier alpha value is -1.61. The predicted molar refractivity (Wildman–Crippen MR) is 87.5 cm³/mol. The molecule has 1 saturated carbocycles. The van der Waals surface area contributed by atoms with Crippen LogP contribution >= 0.6 is 0 Å². The monoisotopic (exact) mass is 284 g/mol. The lowest BCUT2D eigenvalue weighted by atomic mass is 9.86. The average molecular weight is 284 g/mol. The molecular formula is C18H24N2O. The molecule has 1 aliphatic rings. The van der Waals surface area contributed by atoms with Gasteiger partial charge in [0.15, 0.2) is 0 Å². The molecule has 3 nitrogen and oxygen atoms in total. The largest absolute Gasteiger partial charge is 0.392 e. The van der Waals surface area contributed by atoms with Crippen molar-refractivity contribution in [1.82, 2.24) is 4.98 Å². The van der Waals surface area contributed by atoms with Gasteiger partial charge in [-0.3, -0.25) is 0 Å². The number of fused-ring (bicyclic) bond motifs is 1. The number of aromatic nitrogens is 1. The molecule has 1 aliphatic carbocycles. The summed E-state index contributed by atoms with van der Waals surface area (Å²) in [7, 11) is 2.16. The van der Waals surface area contributed by atoms with Crippen LogP contribution in [0.1, 0.15) is 38.2 Å². The smallest absolute Gasteiger partial charge is 0.136 e. The first-order chi connectivity index (χ1) is 10.2. The van der Waals surface area contributed by atoms with E-state index >= 15 is 0 Å². The van der Waals surface area contributed by atoms with E-state index in [2.05, 4.69) is 36.0 Å². The van der Waals surface area contributed by atoms with Crippen LogP contribution in [0.4, 0.5) is 5.82 Å². The van der Waals surface area contributed by atoms with E-state index in [4.69, 9.17) is 0 Å². The predicted octanol–water partition coefficient (Wildman–Crippen LogP) is 3.74. The quantitative estimate of drug-likeness (QED) is 0.932. The van der Waals surface area contributed by atoms with Crippen LogP contribution in [0.2, 0.25) is 0 Å². The highest BCUT2D eigenvalue weighted by molar-refractivity contribution is 5.94. The van der Waals surface area contributed by atoms with Gasteiger partial charge in [-0.2, -0.15) is 0 Å². The van der Waals surface area contributed by atoms with Crippen molar-refractivity contribution < 1.29 is 5.11 Å². The molecule has 0 radical (unpaired) electrons. The molecule has 3 heteroatoms. The van der Waals surface area contributed by atoms with Gasteiger partial charge < -0.3 is 10.0 Å². The minimum atomic E-state index is 0.0401. The Morgan fingerprint density at radius 3 is 2.48 bits per heavy atom. The zero-order chi connectivity index (χ0) is 14.8. The van der Waals surface area contributed by atoms with Gasteiger partial charge >= 0.3 is 0 Å². The number of benzene rings is 1. The minimum Gasteiger partial charge on any atom is -0.392 e. The molecule has 0 bridgehead atoms. The molecule has 21 heavy (non-hydrogen) atoms. The number of nitrogens with zero attached hydrogens (tertiary/aromatic N) is 2. The lowest BCUT2D eigenvalue weighted by molar-refractivity contribution is 0.283. The van der Waals surface area contributed by atoms with E-state index in [1.54, 1.807) is 0 Å². The van der Waals surface area contributed by atoms with E-state index in [0.29, 0.717) is 6.04 Å². The standard InChI is InChI=1S/C18H24N2O/c1-13-7-9-15(10-8-13)20(2)18-17-6-4-3-5-16(17)14(12-21)11-19-18/h3-6,11,13,15,21H,7-10,12H2,1-2H3. The molecule has 2 aromatic rings. The molecule has 112 valence electrons. The zero-order valence-electron chi connectivity index (χ0n) is 12.9. The summed E-state index contributed by atoms with van der Waals surface area (Å²) in [5, 5.41) is 11.7. The van der Waals surface area contributed by atoms with E-state index in [0.717, 1.165) is 28.1 Å². The topological polar surface area (TPSA) is 36.4 Å². The number of anilines is 1. The van der Waals surface area contributed by atoms with Crippen molar-refractivity contribution in [2.24, 2.45) is 5.92 Å². The number of hydrogen-bond acceptors (Lipinski definition) is 3. The van der Waals surface area contributed by atoms with Crippen molar-refractivity contribution in [3.63, 3.8) is 0 Å². The summed E-state index contributed by atoms with van der Waals surface area (Å²) in [5.41, 5.74) is 0.903. The van der Waals surface area contributed by atoms with E-state index in [1.165, 1.54) is 25.7 Å². The van der Waals surface area contributed by atoms with Crippen LogP contribution in [-0.2, 0) is 6.61 Å². The van der Waals surface area contributed by atoms with Gasteiger partial charge in [-0.1, -0.05) is 31.2 Å². The van der Waals surface area contributed by atoms with Gasteiger partial charge in [0, 0.05) is 30.2 Å². The van der Waals surface area contributed by atoms with Crippen LogP contribution in [0.5, 0.6) is 0 Å². The van der Waals surface area contributed by atoms with E-state index in [1.807, 2.05) is 18.3 Å². The van der Waals surface area contributed by atoms with E-state index in [9.17, 15) is 5.11 Å². The molecule has 0 aliphatic heterocycles. The SMILES string of the molecule is CC1CCC(N(C)c2ncc(CO)c3ccccc23)CC1. The van der Waals surface area contributed by atoms with Gasteiger partial charge in [0.05, 0.1) is 6.61 Å². The summed E-state index contributed by atoms with van der Waals surface area (Å²) < 4.78 is 0. The fourth-order valence-corrected chi connectivity index (χ4v) is 3.45. The van der Waals surface area contributed by atoms with Gasteiger partial charge in [0.2, 0.25) is 0 Å². The van der Waals surface area contributed by atoms with Crippen LogP contribution in [0.3, 0.4) is 0 Å². The van der Waals surface area contributed by atoms with Crippen LogP contribution in [-0.4, -0.2) is 23.2 Å². The summed E-state index contributed by atoms with van der Waals surface area (Å²) >= 11 is 0. The third kappa shape index (κ3) is 2.75. The van der Waals surface area contributed by atoms with Crippen molar-refractivity contribution in [2.45, 2.75) is 45.3 Å². The Morgan fingerprint density at radius 1 is 1.14 bits per heavy atom. The van der Waals surface area contributed by atoms with Crippen LogP contribution < -0.4 is 4.90 Å². The maximum absolute atomic E-state index is 9.49.